The van der Waals surface area contributed by atoms with Gasteiger partial charge in [-0.2, -0.15) is 0 Å². The molecule has 0 aliphatic heterocycles. The fraction of sp³-hybridized carbons (Fsp3) is 0.405. The summed E-state index contributed by atoms with van der Waals surface area (Å²) in [6.45, 7) is 9.71. The van der Waals surface area contributed by atoms with E-state index in [1.807, 2.05) is 98.8 Å². The van der Waals surface area contributed by atoms with Gasteiger partial charge in [-0.05, 0) is 68.4 Å². The van der Waals surface area contributed by atoms with Gasteiger partial charge >= 0.3 is 6.09 Å². The van der Waals surface area contributed by atoms with Gasteiger partial charge in [0.05, 0.1) is 6.54 Å². The van der Waals surface area contributed by atoms with E-state index in [0.717, 1.165) is 22.4 Å². The van der Waals surface area contributed by atoms with Crippen LogP contribution in [-0.2, 0) is 38.6 Å². The van der Waals surface area contributed by atoms with Crippen LogP contribution >= 0.6 is 0 Å². The summed E-state index contributed by atoms with van der Waals surface area (Å²) in [6.07, 6.45) is 0.420. The molecule has 0 aliphatic carbocycles. The van der Waals surface area contributed by atoms with Crippen LogP contribution in [0.2, 0.25) is 0 Å². The number of carbonyl (C=O) groups excluding carboxylic acids is 4. The van der Waals surface area contributed by atoms with Crippen molar-refractivity contribution in [2.45, 2.75) is 78.2 Å². The fourth-order valence-electron chi connectivity index (χ4n) is 4.68. The van der Waals surface area contributed by atoms with Crippen LogP contribution in [0.15, 0.2) is 84.9 Å². The van der Waals surface area contributed by atoms with E-state index in [4.69, 9.17) is 9.47 Å². The van der Waals surface area contributed by atoms with E-state index >= 15 is 0 Å². The van der Waals surface area contributed by atoms with Gasteiger partial charge < -0.3 is 30.7 Å². The second-order valence-electron chi connectivity index (χ2n) is 12.8. The van der Waals surface area contributed by atoms with Gasteiger partial charge in [-0.25, -0.2) is 4.79 Å². The van der Waals surface area contributed by atoms with Gasteiger partial charge in [0, 0.05) is 13.0 Å². The first-order chi connectivity index (χ1) is 22.4. The Hall–Kier alpha value is -4.86. The molecule has 0 saturated heterocycles. The molecule has 4 N–H and O–H groups in total. The largest absolute Gasteiger partial charge is 0.489 e. The van der Waals surface area contributed by atoms with Gasteiger partial charge in [0.2, 0.25) is 17.7 Å². The zero-order valence-corrected chi connectivity index (χ0v) is 28.0. The van der Waals surface area contributed by atoms with E-state index in [1.54, 1.807) is 20.8 Å². The Bertz CT molecular complexity index is 1420. The number of alkyl carbamates (subject to hydrolysis) is 1. The molecule has 10 nitrogen and oxygen atoms in total. The molecule has 0 saturated carbocycles. The minimum absolute atomic E-state index is 0.0707. The molecule has 10 heteroatoms. The Balaban J connectivity index is 1.49. The number of carbonyl (C=O) groups is 4. The Morgan fingerprint density at radius 1 is 0.702 bits per heavy atom. The van der Waals surface area contributed by atoms with Gasteiger partial charge in [0.25, 0.3) is 0 Å². The highest BCUT2D eigenvalue weighted by atomic mass is 16.6. The molecule has 0 heterocycles. The summed E-state index contributed by atoms with van der Waals surface area (Å²) in [6, 6.07) is 25.0. The third-order valence-corrected chi connectivity index (χ3v) is 6.96. The molecule has 3 rings (SSSR count). The molecular formula is C37H48N4O6. The van der Waals surface area contributed by atoms with Crippen LogP contribution in [0.25, 0.3) is 0 Å². The lowest BCUT2D eigenvalue weighted by Gasteiger charge is -2.26. The third kappa shape index (κ3) is 14.4. The zero-order valence-electron chi connectivity index (χ0n) is 28.0. The van der Waals surface area contributed by atoms with Crippen molar-refractivity contribution in [1.82, 2.24) is 21.3 Å². The van der Waals surface area contributed by atoms with Crippen LogP contribution in [0.1, 0.15) is 57.7 Å². The molecule has 3 aromatic rings. The van der Waals surface area contributed by atoms with Crippen LogP contribution in [0, 0.1) is 5.92 Å². The Morgan fingerprint density at radius 3 is 1.91 bits per heavy atom. The quantitative estimate of drug-likeness (QED) is 0.179. The normalized spacial score (nSPS) is 12.4. The first kappa shape index (κ1) is 36.6. The van der Waals surface area contributed by atoms with E-state index < -0.39 is 35.6 Å². The lowest BCUT2D eigenvalue weighted by Crippen LogP contribution is -2.55. The number of hydrogen-bond acceptors (Lipinski definition) is 6. The van der Waals surface area contributed by atoms with Gasteiger partial charge in [-0.1, -0.05) is 86.6 Å². The number of benzene rings is 3. The predicted octanol–water partition coefficient (Wildman–Crippen LogP) is 4.71. The molecule has 2 unspecified atom stereocenters. The summed E-state index contributed by atoms with van der Waals surface area (Å²) in [5.74, 6) is -0.518. The molecule has 4 amide bonds. The number of rotatable bonds is 16. The van der Waals surface area contributed by atoms with Gasteiger partial charge in [0.1, 0.15) is 30.0 Å². The van der Waals surface area contributed by atoms with Crippen LogP contribution in [-0.4, -0.2) is 54.6 Å². The monoisotopic (exact) mass is 644 g/mol. The molecule has 3 aromatic carbocycles. The van der Waals surface area contributed by atoms with Crippen molar-refractivity contribution in [3.8, 4) is 5.75 Å². The Labute approximate surface area is 278 Å². The van der Waals surface area contributed by atoms with Crippen LogP contribution in [0.5, 0.6) is 5.75 Å². The molecule has 0 bridgehead atoms. The standard InChI is InChI=1S/C37H48N4O6/c1-26(2)22-31(40-35(44)32(23-28-12-8-6-9-13-28)41-36(45)47-37(3,4)5)34(43)39-24-33(42)38-21-20-27-16-18-30(19-17-27)46-25-29-14-10-7-11-15-29/h6-19,26,31-32H,20-25H2,1-5H3,(H,38,42)(H,39,43)(H,40,44)(H,41,45). The molecule has 0 aliphatic rings. The summed E-state index contributed by atoms with van der Waals surface area (Å²) in [5, 5.41) is 10.9. The highest BCUT2D eigenvalue weighted by molar-refractivity contribution is 5.93. The Kier molecular flexibility index (Phi) is 14.3. The zero-order chi connectivity index (χ0) is 34.2. The average Bonchev–Trinajstić information content (AvgIpc) is 3.02. The molecule has 0 aromatic heterocycles. The fourth-order valence-corrected chi connectivity index (χ4v) is 4.68. The van der Waals surface area contributed by atoms with Crippen molar-refractivity contribution < 1.29 is 28.7 Å². The minimum atomic E-state index is -0.984. The van der Waals surface area contributed by atoms with E-state index in [0.29, 0.717) is 26.0 Å². The van der Waals surface area contributed by atoms with Crippen LogP contribution in [0.3, 0.4) is 0 Å². The second-order valence-corrected chi connectivity index (χ2v) is 12.8. The number of ether oxygens (including phenoxy) is 2. The molecule has 0 spiro atoms. The average molecular weight is 645 g/mol. The van der Waals surface area contributed by atoms with Crippen molar-refractivity contribution in [3.63, 3.8) is 0 Å². The van der Waals surface area contributed by atoms with E-state index in [9.17, 15) is 19.2 Å². The lowest BCUT2D eigenvalue weighted by molar-refractivity contribution is -0.131. The minimum Gasteiger partial charge on any atom is -0.489 e. The molecule has 0 fully saturated rings. The number of hydrogen-bond donors (Lipinski definition) is 4. The van der Waals surface area contributed by atoms with E-state index in [-0.39, 0.29) is 24.8 Å². The van der Waals surface area contributed by atoms with E-state index in [1.165, 1.54) is 0 Å². The smallest absolute Gasteiger partial charge is 0.408 e. The van der Waals surface area contributed by atoms with Gasteiger partial charge in [-0.3, -0.25) is 14.4 Å². The van der Waals surface area contributed by atoms with Crippen molar-refractivity contribution >= 4 is 23.8 Å². The molecule has 0 radical (unpaired) electrons. The maximum absolute atomic E-state index is 13.4. The summed E-state index contributed by atoms with van der Waals surface area (Å²) in [7, 11) is 0. The molecule has 2 atom stereocenters. The van der Waals surface area contributed by atoms with Crippen molar-refractivity contribution in [2.24, 2.45) is 5.92 Å². The number of amides is 4. The van der Waals surface area contributed by atoms with Gasteiger partial charge in [-0.15, -0.1) is 0 Å². The summed E-state index contributed by atoms with van der Waals surface area (Å²) >= 11 is 0. The maximum Gasteiger partial charge on any atom is 0.408 e. The van der Waals surface area contributed by atoms with Crippen molar-refractivity contribution in [2.75, 3.05) is 13.1 Å². The number of nitrogens with one attached hydrogen (secondary N) is 4. The SMILES string of the molecule is CC(C)CC(NC(=O)C(Cc1ccccc1)NC(=O)OC(C)(C)C)C(=O)NCC(=O)NCCc1ccc(OCc2ccccc2)cc1. The van der Waals surface area contributed by atoms with Crippen molar-refractivity contribution in [1.29, 1.82) is 0 Å². The third-order valence-electron chi connectivity index (χ3n) is 6.96. The molecule has 252 valence electrons. The Morgan fingerprint density at radius 2 is 1.32 bits per heavy atom. The summed E-state index contributed by atoms with van der Waals surface area (Å²) < 4.78 is 11.2. The van der Waals surface area contributed by atoms with Crippen LogP contribution in [0.4, 0.5) is 4.79 Å². The van der Waals surface area contributed by atoms with Crippen LogP contribution < -0.4 is 26.0 Å². The van der Waals surface area contributed by atoms with Crippen molar-refractivity contribution in [3.05, 3.63) is 102 Å². The summed E-state index contributed by atoms with van der Waals surface area (Å²) in [5.41, 5.74) is 2.20. The maximum atomic E-state index is 13.4. The first-order valence-corrected chi connectivity index (χ1v) is 16.0. The highest BCUT2D eigenvalue weighted by Gasteiger charge is 2.29. The summed E-state index contributed by atoms with van der Waals surface area (Å²) in [4.78, 5) is 51.7. The lowest BCUT2D eigenvalue weighted by atomic mass is 10.0. The van der Waals surface area contributed by atoms with Gasteiger partial charge in [0.15, 0.2) is 0 Å². The second kappa shape index (κ2) is 18.3. The first-order valence-electron chi connectivity index (χ1n) is 16.0. The molecule has 47 heavy (non-hydrogen) atoms. The molecular weight excluding hydrogens is 596 g/mol. The highest BCUT2D eigenvalue weighted by Crippen LogP contribution is 2.15. The van der Waals surface area contributed by atoms with E-state index in [2.05, 4.69) is 21.3 Å². The predicted molar refractivity (Wildman–Crippen MR) is 182 cm³/mol. The topological polar surface area (TPSA) is 135 Å².